The summed E-state index contributed by atoms with van der Waals surface area (Å²) in [6.07, 6.45) is 0.383. The van der Waals surface area contributed by atoms with Crippen LogP contribution in [0.2, 0.25) is 0 Å². The van der Waals surface area contributed by atoms with E-state index < -0.39 is 24.1 Å². The average molecular weight is 278 g/mol. The summed E-state index contributed by atoms with van der Waals surface area (Å²) < 4.78 is 25.7. The average Bonchev–Trinajstić information content (AvgIpc) is 2.58. The third kappa shape index (κ3) is 2.52. The largest absolute Gasteiger partial charge is 0.497 e. The lowest BCUT2D eigenvalue weighted by Gasteiger charge is -2.32. The van der Waals surface area contributed by atoms with Crippen LogP contribution in [0, 0.1) is 5.82 Å². The Labute approximate surface area is 119 Å². The van der Waals surface area contributed by atoms with Crippen molar-refractivity contribution in [2.45, 2.75) is 52.2 Å². The summed E-state index contributed by atoms with van der Waals surface area (Å²) in [6.45, 7) is 9.41. The lowest BCUT2D eigenvalue weighted by atomic mass is 9.77. The van der Waals surface area contributed by atoms with Crippen molar-refractivity contribution in [3.8, 4) is 0 Å². The van der Waals surface area contributed by atoms with E-state index >= 15 is 0 Å². The van der Waals surface area contributed by atoms with Crippen LogP contribution in [0.15, 0.2) is 18.2 Å². The molecule has 20 heavy (non-hydrogen) atoms. The Hall–Kier alpha value is -1.20. The molecule has 0 unspecified atom stereocenters. The van der Waals surface area contributed by atoms with Gasteiger partial charge in [0, 0.05) is 17.4 Å². The smallest absolute Gasteiger partial charge is 0.399 e. The summed E-state index contributed by atoms with van der Waals surface area (Å²) in [5.74, 6) is -0.445. The van der Waals surface area contributed by atoms with Gasteiger partial charge in [-0.3, -0.25) is 4.79 Å². The van der Waals surface area contributed by atoms with Crippen LogP contribution in [0.1, 0.15) is 51.4 Å². The normalized spacial score (nSPS) is 20.2. The molecular weight excluding hydrogens is 258 g/mol. The van der Waals surface area contributed by atoms with Crippen molar-refractivity contribution in [3.05, 3.63) is 29.6 Å². The van der Waals surface area contributed by atoms with Crippen LogP contribution in [-0.4, -0.2) is 24.1 Å². The maximum absolute atomic E-state index is 14.0. The molecule has 1 fully saturated rings. The first-order chi connectivity index (χ1) is 9.18. The molecule has 0 spiro atoms. The fourth-order valence-electron chi connectivity index (χ4n) is 2.07. The quantitative estimate of drug-likeness (QED) is 0.630. The minimum absolute atomic E-state index is 0.0252. The summed E-state index contributed by atoms with van der Waals surface area (Å²) in [5.41, 5.74) is -0.300. The highest BCUT2D eigenvalue weighted by Gasteiger charge is 2.52. The highest BCUT2D eigenvalue weighted by atomic mass is 19.1. The highest BCUT2D eigenvalue weighted by Crippen LogP contribution is 2.36. The van der Waals surface area contributed by atoms with Crippen molar-refractivity contribution in [2.24, 2.45) is 0 Å². The Balaban J connectivity index is 2.37. The maximum Gasteiger partial charge on any atom is 0.497 e. The summed E-state index contributed by atoms with van der Waals surface area (Å²) >= 11 is 0. The number of hydrogen-bond acceptors (Lipinski definition) is 3. The molecule has 0 radical (unpaired) electrons. The molecule has 1 aliphatic rings. The fourth-order valence-corrected chi connectivity index (χ4v) is 2.07. The van der Waals surface area contributed by atoms with Gasteiger partial charge in [-0.2, -0.15) is 0 Å². The zero-order valence-corrected chi connectivity index (χ0v) is 12.6. The van der Waals surface area contributed by atoms with Crippen molar-refractivity contribution in [1.82, 2.24) is 0 Å². The van der Waals surface area contributed by atoms with Gasteiger partial charge in [0.25, 0.3) is 0 Å². The SMILES string of the molecule is CCC(=O)c1ccc(F)c(B2OC(C)(C)C(C)(C)O2)c1. The van der Waals surface area contributed by atoms with Crippen LogP contribution in [-0.2, 0) is 9.31 Å². The van der Waals surface area contributed by atoms with Crippen LogP contribution >= 0.6 is 0 Å². The molecule has 0 saturated carbocycles. The predicted octanol–water partition coefficient (Wildman–Crippen LogP) is 2.72. The summed E-state index contributed by atoms with van der Waals surface area (Å²) in [4.78, 5) is 11.7. The molecule has 3 nitrogen and oxygen atoms in total. The zero-order valence-electron chi connectivity index (χ0n) is 12.6. The van der Waals surface area contributed by atoms with Gasteiger partial charge in [0.15, 0.2) is 5.78 Å². The van der Waals surface area contributed by atoms with Crippen molar-refractivity contribution >= 4 is 18.4 Å². The van der Waals surface area contributed by atoms with Gasteiger partial charge in [0.2, 0.25) is 0 Å². The lowest BCUT2D eigenvalue weighted by molar-refractivity contribution is 0.00578. The number of ketones is 1. The monoisotopic (exact) mass is 278 g/mol. The number of hydrogen-bond donors (Lipinski definition) is 0. The molecule has 1 aliphatic heterocycles. The number of halogens is 1. The molecule has 0 aromatic heterocycles. The minimum atomic E-state index is -0.787. The van der Waals surface area contributed by atoms with Gasteiger partial charge in [-0.25, -0.2) is 4.39 Å². The molecule has 1 heterocycles. The van der Waals surface area contributed by atoms with E-state index in [9.17, 15) is 9.18 Å². The van der Waals surface area contributed by atoms with Gasteiger partial charge in [0.1, 0.15) is 5.82 Å². The Bertz CT molecular complexity index is 524. The number of carbonyl (C=O) groups is 1. The van der Waals surface area contributed by atoms with Gasteiger partial charge in [-0.15, -0.1) is 0 Å². The van der Waals surface area contributed by atoms with Gasteiger partial charge >= 0.3 is 7.12 Å². The first-order valence-corrected chi connectivity index (χ1v) is 6.86. The van der Waals surface area contributed by atoms with Gasteiger partial charge in [-0.05, 0) is 45.9 Å². The Morgan fingerprint density at radius 1 is 1.20 bits per heavy atom. The molecule has 1 aromatic rings. The van der Waals surface area contributed by atoms with Crippen LogP contribution in [0.3, 0.4) is 0 Å². The molecule has 0 N–H and O–H groups in total. The summed E-state index contributed by atoms with van der Waals surface area (Å²) in [6, 6.07) is 4.32. The molecule has 2 rings (SSSR count). The molecule has 0 amide bonds. The van der Waals surface area contributed by atoms with Gasteiger partial charge in [-0.1, -0.05) is 6.92 Å². The summed E-state index contributed by atoms with van der Waals surface area (Å²) in [5, 5.41) is 0. The molecule has 5 heteroatoms. The molecular formula is C15H20BFO3. The van der Waals surface area contributed by atoms with Crippen LogP contribution < -0.4 is 5.46 Å². The molecule has 108 valence electrons. The zero-order chi connectivity index (χ0) is 15.1. The number of carbonyl (C=O) groups excluding carboxylic acids is 1. The van der Waals surface area contributed by atoms with Crippen LogP contribution in [0.5, 0.6) is 0 Å². The molecule has 0 aliphatic carbocycles. The first-order valence-electron chi connectivity index (χ1n) is 6.86. The van der Waals surface area contributed by atoms with E-state index in [1.165, 1.54) is 18.2 Å². The molecule has 0 bridgehead atoms. The lowest BCUT2D eigenvalue weighted by Crippen LogP contribution is -2.41. The van der Waals surface area contributed by atoms with E-state index in [1.54, 1.807) is 6.92 Å². The second-order valence-electron chi connectivity index (χ2n) is 6.10. The Kier molecular flexibility index (Phi) is 3.78. The van der Waals surface area contributed by atoms with Crippen molar-refractivity contribution in [1.29, 1.82) is 0 Å². The minimum Gasteiger partial charge on any atom is -0.399 e. The second kappa shape index (κ2) is 4.97. The number of Topliss-reactive ketones (excluding diaryl/α,β-unsaturated/α-hetero) is 1. The maximum atomic E-state index is 14.0. The van der Waals surface area contributed by atoms with Crippen LogP contribution in [0.4, 0.5) is 4.39 Å². The Morgan fingerprint density at radius 3 is 2.25 bits per heavy atom. The number of benzene rings is 1. The fraction of sp³-hybridized carbons (Fsp3) is 0.533. The Morgan fingerprint density at radius 2 is 1.75 bits per heavy atom. The third-order valence-electron chi connectivity index (χ3n) is 4.15. The molecule has 1 saturated heterocycles. The summed E-state index contributed by atoms with van der Waals surface area (Å²) in [7, 11) is -0.787. The first kappa shape index (κ1) is 15.2. The molecule has 0 atom stereocenters. The van der Waals surface area contributed by atoms with E-state index in [0.29, 0.717) is 12.0 Å². The van der Waals surface area contributed by atoms with E-state index in [0.717, 1.165) is 0 Å². The van der Waals surface area contributed by atoms with Gasteiger partial charge in [0.05, 0.1) is 11.2 Å². The second-order valence-corrected chi connectivity index (χ2v) is 6.10. The van der Waals surface area contributed by atoms with E-state index in [-0.39, 0.29) is 11.2 Å². The van der Waals surface area contributed by atoms with Gasteiger partial charge < -0.3 is 9.31 Å². The number of rotatable bonds is 3. The predicted molar refractivity (Wildman–Crippen MR) is 76.7 cm³/mol. The van der Waals surface area contributed by atoms with Crippen LogP contribution in [0.25, 0.3) is 0 Å². The van der Waals surface area contributed by atoms with Crippen molar-refractivity contribution in [2.75, 3.05) is 0 Å². The van der Waals surface area contributed by atoms with E-state index in [1.807, 2.05) is 27.7 Å². The standard InChI is InChI=1S/C15H20BFO3/c1-6-13(18)10-7-8-12(17)11(9-10)16-19-14(2,3)15(4,5)20-16/h7-9H,6H2,1-5H3. The topological polar surface area (TPSA) is 35.5 Å². The van der Waals surface area contributed by atoms with E-state index in [4.69, 9.17) is 9.31 Å². The third-order valence-corrected chi connectivity index (χ3v) is 4.15. The van der Waals surface area contributed by atoms with E-state index in [2.05, 4.69) is 0 Å². The van der Waals surface area contributed by atoms with Crippen molar-refractivity contribution < 1.29 is 18.5 Å². The molecule has 1 aromatic carbocycles. The van der Waals surface area contributed by atoms with Crippen molar-refractivity contribution in [3.63, 3.8) is 0 Å². The highest BCUT2D eigenvalue weighted by molar-refractivity contribution is 6.62.